The topological polar surface area (TPSA) is 111 Å². The summed E-state index contributed by atoms with van der Waals surface area (Å²) in [6.45, 7) is 3.74. The minimum atomic E-state index is -0.685. The number of thiophene rings is 1. The van der Waals surface area contributed by atoms with Gasteiger partial charge in [-0.25, -0.2) is 0 Å². The molecule has 8 nitrogen and oxygen atoms in total. The van der Waals surface area contributed by atoms with Crippen LogP contribution in [-0.4, -0.2) is 15.6 Å². The van der Waals surface area contributed by atoms with Crippen molar-refractivity contribution in [3.8, 4) is 0 Å². The van der Waals surface area contributed by atoms with Crippen molar-refractivity contribution < 1.29 is 9.85 Å². The fourth-order valence-corrected chi connectivity index (χ4v) is 2.52. The summed E-state index contributed by atoms with van der Waals surface area (Å²) >= 11 is 1.55. The lowest BCUT2D eigenvalue weighted by atomic mass is 10.2. The van der Waals surface area contributed by atoms with Crippen molar-refractivity contribution in [1.82, 2.24) is 0 Å². The SMILES string of the molecule is C/C(=N/Nc1ccc([N+](=O)[O-])cc1[N+](=O)[O-])c1ccc(C)s1. The molecule has 1 N–H and O–H groups in total. The average molecular weight is 320 g/mol. The number of nitro benzene ring substituents is 2. The largest absolute Gasteiger partial charge is 0.301 e. The number of nitrogens with one attached hydrogen (secondary N) is 1. The van der Waals surface area contributed by atoms with E-state index in [2.05, 4.69) is 10.5 Å². The zero-order valence-corrected chi connectivity index (χ0v) is 12.6. The predicted octanol–water partition coefficient (Wildman–Crippen LogP) is 3.71. The minimum absolute atomic E-state index is 0.100. The van der Waals surface area contributed by atoms with Crippen molar-refractivity contribution in [1.29, 1.82) is 0 Å². The highest BCUT2D eigenvalue weighted by Gasteiger charge is 2.19. The van der Waals surface area contributed by atoms with Gasteiger partial charge in [-0.3, -0.25) is 25.7 Å². The number of anilines is 1. The standard InChI is InChI=1S/C13H12N4O4S/c1-8-3-6-13(22-8)9(2)14-15-11-5-4-10(16(18)19)7-12(11)17(20)21/h3-7,15H,1-2H3/b14-9-. The Bertz CT molecular complexity index is 769. The Hall–Kier alpha value is -2.81. The van der Waals surface area contributed by atoms with E-state index in [1.807, 2.05) is 19.1 Å². The number of hydrogen-bond acceptors (Lipinski definition) is 7. The number of benzene rings is 1. The van der Waals surface area contributed by atoms with Gasteiger partial charge in [0.05, 0.1) is 26.5 Å². The molecule has 0 fully saturated rings. The lowest BCUT2D eigenvalue weighted by Crippen LogP contribution is -2.01. The molecule has 0 bridgehead atoms. The first kappa shape index (κ1) is 15.6. The normalized spacial score (nSPS) is 11.3. The number of nitrogens with zero attached hydrogens (tertiary/aromatic N) is 3. The van der Waals surface area contributed by atoms with E-state index in [0.717, 1.165) is 15.8 Å². The van der Waals surface area contributed by atoms with Crippen LogP contribution in [0.5, 0.6) is 0 Å². The van der Waals surface area contributed by atoms with Gasteiger partial charge in [0.1, 0.15) is 5.69 Å². The van der Waals surface area contributed by atoms with Gasteiger partial charge in [-0.2, -0.15) is 5.10 Å². The van der Waals surface area contributed by atoms with Crippen LogP contribution < -0.4 is 5.43 Å². The summed E-state index contributed by atoms with van der Waals surface area (Å²) in [4.78, 5) is 22.4. The van der Waals surface area contributed by atoms with E-state index in [0.29, 0.717) is 5.71 Å². The van der Waals surface area contributed by atoms with Crippen molar-refractivity contribution in [3.05, 3.63) is 60.3 Å². The lowest BCUT2D eigenvalue weighted by Gasteiger charge is -2.03. The van der Waals surface area contributed by atoms with Crippen LogP contribution in [0.1, 0.15) is 16.7 Å². The number of rotatable bonds is 5. The first-order chi connectivity index (χ1) is 10.4. The van der Waals surface area contributed by atoms with E-state index in [9.17, 15) is 20.2 Å². The van der Waals surface area contributed by atoms with Gasteiger partial charge >= 0.3 is 5.69 Å². The molecule has 114 valence electrons. The smallest absolute Gasteiger partial charge is 0.271 e. The average Bonchev–Trinajstić information content (AvgIpc) is 2.91. The van der Waals surface area contributed by atoms with E-state index in [1.165, 1.54) is 12.1 Å². The molecule has 9 heteroatoms. The van der Waals surface area contributed by atoms with Crippen molar-refractivity contribution in [2.75, 3.05) is 5.43 Å². The van der Waals surface area contributed by atoms with Gasteiger partial charge in [-0.05, 0) is 32.0 Å². The highest BCUT2D eigenvalue weighted by atomic mass is 32.1. The fraction of sp³-hybridized carbons (Fsp3) is 0.154. The molecule has 0 atom stereocenters. The molecule has 1 heterocycles. The summed E-state index contributed by atoms with van der Waals surface area (Å²) in [5.74, 6) is 0. The van der Waals surface area contributed by atoms with E-state index in [4.69, 9.17) is 0 Å². The monoisotopic (exact) mass is 320 g/mol. The molecular formula is C13H12N4O4S. The summed E-state index contributed by atoms with van der Waals surface area (Å²) in [7, 11) is 0. The molecule has 0 unspecified atom stereocenters. The van der Waals surface area contributed by atoms with Gasteiger partial charge < -0.3 is 0 Å². The van der Waals surface area contributed by atoms with E-state index in [-0.39, 0.29) is 11.4 Å². The van der Waals surface area contributed by atoms with Crippen LogP contribution in [0.2, 0.25) is 0 Å². The molecule has 0 spiro atoms. The third-order valence-electron chi connectivity index (χ3n) is 2.83. The quantitative estimate of drug-likeness (QED) is 0.513. The molecule has 2 rings (SSSR count). The van der Waals surface area contributed by atoms with Crippen molar-refractivity contribution >= 4 is 34.1 Å². The summed E-state index contributed by atoms with van der Waals surface area (Å²) in [6, 6.07) is 7.22. The fourth-order valence-electron chi connectivity index (χ4n) is 1.71. The van der Waals surface area contributed by atoms with Crippen LogP contribution in [0.3, 0.4) is 0 Å². The number of aryl methyl sites for hydroxylation is 1. The molecule has 2 aromatic rings. The Morgan fingerprint density at radius 1 is 1.18 bits per heavy atom. The van der Waals surface area contributed by atoms with Gasteiger partial charge in [-0.1, -0.05) is 0 Å². The Kier molecular flexibility index (Phi) is 4.47. The first-order valence-electron chi connectivity index (χ1n) is 6.18. The van der Waals surface area contributed by atoms with Crippen LogP contribution in [0.25, 0.3) is 0 Å². The molecular weight excluding hydrogens is 308 g/mol. The third kappa shape index (κ3) is 3.44. The predicted molar refractivity (Wildman–Crippen MR) is 84.6 cm³/mol. The van der Waals surface area contributed by atoms with Crippen molar-refractivity contribution in [3.63, 3.8) is 0 Å². The number of nitro groups is 2. The van der Waals surface area contributed by atoms with Crippen LogP contribution in [0.4, 0.5) is 17.1 Å². The maximum absolute atomic E-state index is 11.0. The highest BCUT2D eigenvalue weighted by Crippen LogP contribution is 2.29. The molecule has 0 aliphatic heterocycles. The molecule has 1 aromatic carbocycles. The summed E-state index contributed by atoms with van der Waals surface area (Å²) < 4.78 is 0. The van der Waals surface area contributed by atoms with Gasteiger partial charge in [0.2, 0.25) is 0 Å². The molecule has 0 radical (unpaired) electrons. The maximum atomic E-state index is 11.0. The van der Waals surface area contributed by atoms with E-state index >= 15 is 0 Å². The van der Waals surface area contributed by atoms with E-state index in [1.54, 1.807) is 18.3 Å². The van der Waals surface area contributed by atoms with Crippen LogP contribution in [0.15, 0.2) is 35.4 Å². The molecule has 1 aromatic heterocycles. The Balaban J connectivity index is 2.29. The van der Waals surface area contributed by atoms with Crippen LogP contribution >= 0.6 is 11.3 Å². The van der Waals surface area contributed by atoms with Crippen molar-refractivity contribution in [2.45, 2.75) is 13.8 Å². The highest BCUT2D eigenvalue weighted by molar-refractivity contribution is 7.14. The van der Waals surface area contributed by atoms with Gasteiger partial charge in [0, 0.05) is 10.9 Å². The molecule has 0 aliphatic rings. The molecule has 0 saturated heterocycles. The Morgan fingerprint density at radius 3 is 2.45 bits per heavy atom. The number of hydrogen-bond donors (Lipinski definition) is 1. The van der Waals surface area contributed by atoms with Crippen molar-refractivity contribution in [2.24, 2.45) is 5.10 Å². The third-order valence-corrected chi connectivity index (χ3v) is 3.94. The summed E-state index contributed by atoms with van der Waals surface area (Å²) in [5.41, 5.74) is 2.63. The second-order valence-electron chi connectivity index (χ2n) is 4.43. The Morgan fingerprint density at radius 2 is 1.91 bits per heavy atom. The molecule has 0 aliphatic carbocycles. The summed E-state index contributed by atoms with van der Waals surface area (Å²) in [5, 5.41) is 25.8. The Labute approximate surface area is 129 Å². The second-order valence-corrected chi connectivity index (χ2v) is 5.72. The molecule has 0 saturated carbocycles. The maximum Gasteiger partial charge on any atom is 0.301 e. The molecule has 0 amide bonds. The van der Waals surface area contributed by atoms with Gasteiger partial charge in [0.15, 0.2) is 0 Å². The first-order valence-corrected chi connectivity index (χ1v) is 7.00. The second kappa shape index (κ2) is 6.31. The number of non-ortho nitro benzene ring substituents is 1. The zero-order valence-electron chi connectivity index (χ0n) is 11.8. The van der Waals surface area contributed by atoms with E-state index < -0.39 is 15.5 Å². The van der Waals surface area contributed by atoms with Gasteiger partial charge in [-0.15, -0.1) is 11.3 Å². The van der Waals surface area contributed by atoms with Gasteiger partial charge in [0.25, 0.3) is 5.69 Å². The number of hydrazone groups is 1. The summed E-state index contributed by atoms with van der Waals surface area (Å²) in [6.07, 6.45) is 0. The lowest BCUT2D eigenvalue weighted by molar-refractivity contribution is -0.393. The zero-order chi connectivity index (χ0) is 16.3. The minimum Gasteiger partial charge on any atom is -0.271 e. The molecule has 22 heavy (non-hydrogen) atoms. The van der Waals surface area contributed by atoms with Crippen LogP contribution in [0, 0.1) is 27.2 Å². The van der Waals surface area contributed by atoms with Crippen LogP contribution in [-0.2, 0) is 0 Å².